The Balaban J connectivity index is 1.40. The summed E-state index contributed by atoms with van der Waals surface area (Å²) in [6.45, 7) is 0.813. The predicted octanol–water partition coefficient (Wildman–Crippen LogP) is 2.92. The van der Waals surface area contributed by atoms with E-state index >= 15 is 0 Å². The molecule has 0 aromatic heterocycles. The molecule has 23 heavy (non-hydrogen) atoms. The van der Waals surface area contributed by atoms with Crippen molar-refractivity contribution in [2.24, 2.45) is 0 Å². The normalized spacial score (nSPS) is 12.0. The first-order valence-corrected chi connectivity index (χ1v) is 8.03. The lowest BCUT2D eigenvalue weighted by molar-refractivity contribution is -0.123. The Morgan fingerprint density at radius 1 is 1.13 bits per heavy atom. The van der Waals surface area contributed by atoms with Gasteiger partial charge in [0.15, 0.2) is 18.1 Å². The van der Waals surface area contributed by atoms with Crippen molar-refractivity contribution in [1.82, 2.24) is 5.32 Å². The van der Waals surface area contributed by atoms with Gasteiger partial charge in [-0.25, -0.2) is 0 Å². The average molecular weight is 378 g/mol. The molecule has 1 aliphatic rings. The number of hydrogen-bond donors (Lipinski definition) is 1. The SMILES string of the molecule is O=C(COc1ccc(Br)cc1)NCCc1ccc2c(c1)OCO2. The molecule has 2 aromatic carbocycles. The number of nitrogens with one attached hydrogen (secondary N) is 1. The van der Waals surface area contributed by atoms with Crippen molar-refractivity contribution in [3.63, 3.8) is 0 Å². The third kappa shape index (κ3) is 4.39. The van der Waals surface area contributed by atoms with E-state index in [4.69, 9.17) is 14.2 Å². The number of fused-ring (bicyclic) bond motifs is 1. The van der Waals surface area contributed by atoms with Crippen LogP contribution in [0.1, 0.15) is 5.56 Å². The van der Waals surface area contributed by atoms with Crippen LogP contribution < -0.4 is 19.5 Å². The maximum Gasteiger partial charge on any atom is 0.257 e. The number of halogens is 1. The van der Waals surface area contributed by atoms with E-state index < -0.39 is 0 Å². The number of rotatable bonds is 6. The van der Waals surface area contributed by atoms with E-state index in [-0.39, 0.29) is 19.3 Å². The van der Waals surface area contributed by atoms with Crippen LogP contribution in [0.15, 0.2) is 46.9 Å². The minimum absolute atomic E-state index is 0.00275. The zero-order valence-corrected chi connectivity index (χ0v) is 14.0. The summed E-state index contributed by atoms with van der Waals surface area (Å²) in [6.07, 6.45) is 0.723. The largest absolute Gasteiger partial charge is 0.484 e. The highest BCUT2D eigenvalue weighted by molar-refractivity contribution is 9.10. The Kier molecular flexibility index (Phi) is 5.02. The fourth-order valence-electron chi connectivity index (χ4n) is 2.17. The molecule has 3 rings (SSSR count). The zero-order chi connectivity index (χ0) is 16.1. The van der Waals surface area contributed by atoms with Gasteiger partial charge in [0.1, 0.15) is 5.75 Å². The van der Waals surface area contributed by atoms with Crippen LogP contribution >= 0.6 is 15.9 Å². The second-order valence-corrected chi connectivity index (χ2v) is 5.95. The summed E-state index contributed by atoms with van der Waals surface area (Å²) >= 11 is 3.35. The van der Waals surface area contributed by atoms with Crippen LogP contribution in [0.2, 0.25) is 0 Å². The molecule has 1 N–H and O–H groups in total. The Bertz CT molecular complexity index is 687. The molecule has 6 heteroatoms. The van der Waals surface area contributed by atoms with E-state index in [1.165, 1.54) is 0 Å². The van der Waals surface area contributed by atoms with Gasteiger partial charge in [0.05, 0.1) is 0 Å². The molecular weight excluding hydrogens is 362 g/mol. The van der Waals surface area contributed by atoms with E-state index in [1.54, 1.807) is 0 Å². The van der Waals surface area contributed by atoms with Gasteiger partial charge in [-0.2, -0.15) is 0 Å². The van der Waals surface area contributed by atoms with Crippen LogP contribution in [0.5, 0.6) is 17.2 Å². The lowest BCUT2D eigenvalue weighted by Gasteiger charge is -2.08. The first-order valence-electron chi connectivity index (χ1n) is 7.24. The summed E-state index contributed by atoms with van der Waals surface area (Å²) in [4.78, 5) is 11.8. The summed E-state index contributed by atoms with van der Waals surface area (Å²) < 4.78 is 17.0. The zero-order valence-electron chi connectivity index (χ0n) is 12.4. The van der Waals surface area contributed by atoms with Gasteiger partial charge in [-0.1, -0.05) is 22.0 Å². The molecule has 0 saturated carbocycles. The van der Waals surface area contributed by atoms with Crippen molar-refractivity contribution in [2.45, 2.75) is 6.42 Å². The molecule has 1 aliphatic heterocycles. The average Bonchev–Trinajstić information content (AvgIpc) is 3.02. The standard InChI is InChI=1S/C17H16BrNO4/c18-13-2-4-14(5-3-13)21-10-17(20)19-8-7-12-1-6-15-16(9-12)23-11-22-15/h1-6,9H,7-8,10-11H2,(H,19,20). The molecule has 0 bridgehead atoms. The van der Waals surface area contributed by atoms with Crippen molar-refractivity contribution in [2.75, 3.05) is 19.9 Å². The molecule has 0 saturated heterocycles. The first kappa shape index (κ1) is 15.7. The van der Waals surface area contributed by atoms with Crippen molar-refractivity contribution < 1.29 is 19.0 Å². The van der Waals surface area contributed by atoms with Gasteiger partial charge >= 0.3 is 0 Å². The van der Waals surface area contributed by atoms with Crippen LogP contribution in [-0.2, 0) is 11.2 Å². The highest BCUT2D eigenvalue weighted by Crippen LogP contribution is 2.32. The number of hydrogen-bond acceptors (Lipinski definition) is 4. The van der Waals surface area contributed by atoms with Crippen LogP contribution in [0.3, 0.4) is 0 Å². The molecule has 0 unspecified atom stereocenters. The van der Waals surface area contributed by atoms with E-state index in [2.05, 4.69) is 21.2 Å². The fourth-order valence-corrected chi connectivity index (χ4v) is 2.44. The lowest BCUT2D eigenvalue weighted by Crippen LogP contribution is -2.30. The highest BCUT2D eigenvalue weighted by atomic mass is 79.9. The number of carbonyl (C=O) groups excluding carboxylic acids is 1. The predicted molar refractivity (Wildman–Crippen MR) is 88.9 cm³/mol. The summed E-state index contributed by atoms with van der Waals surface area (Å²) in [5.74, 6) is 2.04. The number of carbonyl (C=O) groups is 1. The van der Waals surface area contributed by atoms with Crippen molar-refractivity contribution >= 4 is 21.8 Å². The summed E-state index contributed by atoms with van der Waals surface area (Å²) in [5.41, 5.74) is 1.09. The molecule has 0 aliphatic carbocycles. The van der Waals surface area contributed by atoms with Crippen LogP contribution in [0.25, 0.3) is 0 Å². The fraction of sp³-hybridized carbons (Fsp3) is 0.235. The van der Waals surface area contributed by atoms with Crippen LogP contribution in [-0.4, -0.2) is 25.9 Å². The second-order valence-electron chi connectivity index (χ2n) is 5.03. The smallest absolute Gasteiger partial charge is 0.257 e. The Morgan fingerprint density at radius 3 is 2.74 bits per heavy atom. The van der Waals surface area contributed by atoms with Crippen molar-refractivity contribution in [3.05, 3.63) is 52.5 Å². The highest BCUT2D eigenvalue weighted by Gasteiger charge is 2.13. The third-order valence-electron chi connectivity index (χ3n) is 3.36. The number of ether oxygens (including phenoxy) is 3. The summed E-state index contributed by atoms with van der Waals surface area (Å²) in [5, 5.41) is 2.84. The quantitative estimate of drug-likeness (QED) is 0.840. The van der Waals surface area contributed by atoms with E-state index in [9.17, 15) is 4.79 Å². The monoisotopic (exact) mass is 377 g/mol. The van der Waals surface area contributed by atoms with Gasteiger partial charge in [-0.15, -0.1) is 0 Å². The molecule has 1 heterocycles. The maximum atomic E-state index is 11.8. The van der Waals surface area contributed by atoms with Crippen molar-refractivity contribution in [3.8, 4) is 17.2 Å². The van der Waals surface area contributed by atoms with Gasteiger partial charge in [0.2, 0.25) is 6.79 Å². The Morgan fingerprint density at radius 2 is 1.91 bits per heavy atom. The molecule has 5 nitrogen and oxygen atoms in total. The number of amides is 1. The van der Waals surface area contributed by atoms with E-state index in [0.29, 0.717) is 12.3 Å². The lowest BCUT2D eigenvalue weighted by atomic mass is 10.1. The Labute approximate surface area is 142 Å². The molecule has 0 fully saturated rings. The Hall–Kier alpha value is -2.21. The summed E-state index contributed by atoms with van der Waals surface area (Å²) in [7, 11) is 0. The topological polar surface area (TPSA) is 56.8 Å². The van der Waals surface area contributed by atoms with Gasteiger partial charge in [0.25, 0.3) is 5.91 Å². The van der Waals surface area contributed by atoms with Crippen LogP contribution in [0, 0.1) is 0 Å². The molecule has 0 atom stereocenters. The van der Waals surface area contributed by atoms with E-state index in [0.717, 1.165) is 28.0 Å². The second kappa shape index (κ2) is 7.37. The van der Waals surface area contributed by atoms with Gasteiger partial charge in [-0.05, 0) is 48.4 Å². The molecular formula is C17H16BrNO4. The van der Waals surface area contributed by atoms with E-state index in [1.807, 2.05) is 42.5 Å². The minimum atomic E-state index is -0.145. The summed E-state index contributed by atoms with van der Waals surface area (Å²) in [6, 6.07) is 13.1. The molecule has 1 amide bonds. The first-order chi connectivity index (χ1) is 11.2. The van der Waals surface area contributed by atoms with Gasteiger partial charge in [0, 0.05) is 11.0 Å². The van der Waals surface area contributed by atoms with Crippen LogP contribution in [0.4, 0.5) is 0 Å². The number of benzene rings is 2. The molecule has 2 aromatic rings. The third-order valence-corrected chi connectivity index (χ3v) is 3.89. The maximum absolute atomic E-state index is 11.8. The molecule has 0 spiro atoms. The minimum Gasteiger partial charge on any atom is -0.484 e. The van der Waals surface area contributed by atoms with Gasteiger partial charge < -0.3 is 19.5 Å². The van der Waals surface area contributed by atoms with Crippen molar-refractivity contribution in [1.29, 1.82) is 0 Å². The van der Waals surface area contributed by atoms with Gasteiger partial charge in [-0.3, -0.25) is 4.79 Å². The molecule has 0 radical (unpaired) electrons. The molecule has 120 valence electrons.